The molecule has 1 aromatic rings. The first-order valence-corrected chi connectivity index (χ1v) is 10.2. The highest BCUT2D eigenvalue weighted by Crippen LogP contribution is 2.33. The van der Waals surface area contributed by atoms with Crippen LogP contribution in [0.2, 0.25) is 0 Å². The van der Waals surface area contributed by atoms with Gasteiger partial charge in [0.1, 0.15) is 18.0 Å². The molecule has 10 heteroatoms. The van der Waals surface area contributed by atoms with Crippen molar-refractivity contribution in [2.75, 3.05) is 57.5 Å². The fourth-order valence-electron chi connectivity index (χ4n) is 2.87. The zero-order valence-corrected chi connectivity index (χ0v) is 16.8. The van der Waals surface area contributed by atoms with Crippen LogP contribution in [0.5, 0.6) is 11.5 Å². The molecule has 2 rings (SSSR count). The molecule has 9 nitrogen and oxygen atoms in total. The van der Waals surface area contributed by atoms with Gasteiger partial charge in [-0.15, -0.1) is 0 Å². The molecule has 0 bridgehead atoms. The molecule has 1 heterocycles. The second-order valence-electron chi connectivity index (χ2n) is 6.19. The number of ether oxygens (including phenoxy) is 2. The van der Waals surface area contributed by atoms with Crippen LogP contribution in [0, 0.1) is 0 Å². The van der Waals surface area contributed by atoms with E-state index in [-0.39, 0.29) is 29.8 Å². The first kappa shape index (κ1) is 20.8. The Morgan fingerprint density at radius 1 is 1.07 bits per heavy atom. The van der Waals surface area contributed by atoms with Crippen LogP contribution in [0.1, 0.15) is 6.92 Å². The van der Waals surface area contributed by atoms with Gasteiger partial charge < -0.3 is 19.3 Å². The maximum atomic E-state index is 12.7. The third-order valence-electron chi connectivity index (χ3n) is 4.41. The summed E-state index contributed by atoms with van der Waals surface area (Å²) in [7, 11) is -0.816. The number of anilines is 1. The van der Waals surface area contributed by atoms with Gasteiger partial charge in [-0.25, -0.2) is 8.42 Å². The number of hydrogen-bond acceptors (Lipinski definition) is 6. The summed E-state index contributed by atoms with van der Waals surface area (Å²) in [5, 5.41) is 0. The van der Waals surface area contributed by atoms with E-state index in [9.17, 15) is 18.0 Å². The van der Waals surface area contributed by atoms with Crippen molar-refractivity contribution >= 4 is 27.5 Å². The Morgan fingerprint density at radius 2 is 1.67 bits per heavy atom. The molecule has 0 atom stereocenters. The molecule has 0 radical (unpaired) electrons. The lowest BCUT2D eigenvalue weighted by atomic mass is 10.2. The van der Waals surface area contributed by atoms with E-state index >= 15 is 0 Å². The van der Waals surface area contributed by atoms with Crippen LogP contribution < -0.4 is 13.8 Å². The fourth-order valence-corrected chi connectivity index (χ4v) is 3.72. The molecule has 1 aromatic carbocycles. The van der Waals surface area contributed by atoms with E-state index < -0.39 is 10.0 Å². The summed E-state index contributed by atoms with van der Waals surface area (Å²) >= 11 is 0. The van der Waals surface area contributed by atoms with Gasteiger partial charge in [-0.05, 0) is 12.1 Å². The third kappa shape index (κ3) is 5.03. The number of nitrogens with zero attached hydrogens (tertiary/aromatic N) is 3. The molecular formula is C17H25N3O6S. The summed E-state index contributed by atoms with van der Waals surface area (Å²) in [6.45, 7) is 2.75. The molecule has 1 aliphatic heterocycles. The molecule has 2 amide bonds. The van der Waals surface area contributed by atoms with Crippen molar-refractivity contribution in [2.24, 2.45) is 0 Å². The molecule has 1 saturated heterocycles. The third-order valence-corrected chi connectivity index (χ3v) is 5.54. The number of carbonyl (C=O) groups excluding carboxylic acids is 2. The second kappa shape index (κ2) is 8.47. The maximum Gasteiger partial charge on any atom is 0.243 e. The number of amides is 2. The normalized spacial score (nSPS) is 14.7. The van der Waals surface area contributed by atoms with Gasteiger partial charge >= 0.3 is 0 Å². The highest BCUT2D eigenvalue weighted by molar-refractivity contribution is 7.92. The average Bonchev–Trinajstić information content (AvgIpc) is 2.64. The van der Waals surface area contributed by atoms with Crippen LogP contribution >= 0.6 is 0 Å². The van der Waals surface area contributed by atoms with E-state index in [1.807, 2.05) is 0 Å². The van der Waals surface area contributed by atoms with Crippen LogP contribution in [0.15, 0.2) is 18.2 Å². The number of piperazine rings is 1. The first-order valence-electron chi connectivity index (χ1n) is 8.40. The molecule has 0 unspecified atom stereocenters. The Morgan fingerprint density at radius 3 is 2.15 bits per heavy atom. The number of hydrogen-bond donors (Lipinski definition) is 0. The molecule has 0 aliphatic carbocycles. The van der Waals surface area contributed by atoms with E-state index in [0.29, 0.717) is 31.9 Å². The Hall–Kier alpha value is -2.49. The number of sulfonamides is 1. The van der Waals surface area contributed by atoms with Gasteiger partial charge in [0.2, 0.25) is 21.8 Å². The molecule has 27 heavy (non-hydrogen) atoms. The average molecular weight is 399 g/mol. The van der Waals surface area contributed by atoms with Gasteiger partial charge in [-0.1, -0.05) is 0 Å². The molecule has 150 valence electrons. The number of methoxy groups -OCH3 is 2. The zero-order valence-electron chi connectivity index (χ0n) is 16.0. The van der Waals surface area contributed by atoms with Crippen molar-refractivity contribution in [3.63, 3.8) is 0 Å². The van der Waals surface area contributed by atoms with E-state index in [2.05, 4.69) is 0 Å². The van der Waals surface area contributed by atoms with Crippen LogP contribution in [-0.4, -0.2) is 83.2 Å². The molecule has 0 saturated carbocycles. The minimum Gasteiger partial charge on any atom is -0.497 e. The van der Waals surface area contributed by atoms with Gasteiger partial charge in [0, 0.05) is 39.2 Å². The predicted octanol–water partition coefficient (Wildman–Crippen LogP) is 0.161. The Labute approximate surface area is 159 Å². The summed E-state index contributed by atoms with van der Waals surface area (Å²) in [5.74, 6) is 0.425. The quantitative estimate of drug-likeness (QED) is 0.676. The number of benzene rings is 1. The van der Waals surface area contributed by atoms with Crippen molar-refractivity contribution in [1.82, 2.24) is 9.80 Å². The summed E-state index contributed by atoms with van der Waals surface area (Å²) in [6.07, 6.45) is 1.04. The fraction of sp³-hybridized carbons (Fsp3) is 0.529. The first-order chi connectivity index (χ1) is 12.7. The van der Waals surface area contributed by atoms with E-state index in [1.165, 1.54) is 21.1 Å². The summed E-state index contributed by atoms with van der Waals surface area (Å²) in [4.78, 5) is 27.3. The number of carbonyl (C=O) groups is 2. The van der Waals surface area contributed by atoms with Crippen molar-refractivity contribution < 1.29 is 27.5 Å². The topological polar surface area (TPSA) is 96.5 Å². The van der Waals surface area contributed by atoms with Gasteiger partial charge in [-0.3, -0.25) is 13.9 Å². The van der Waals surface area contributed by atoms with Crippen molar-refractivity contribution in [3.05, 3.63) is 18.2 Å². The highest BCUT2D eigenvalue weighted by atomic mass is 32.2. The summed E-state index contributed by atoms with van der Waals surface area (Å²) < 4.78 is 36.1. The zero-order chi connectivity index (χ0) is 20.2. The summed E-state index contributed by atoms with van der Waals surface area (Å²) in [5.41, 5.74) is 0.261. The Balaban J connectivity index is 2.21. The standard InChI is InChI=1S/C17H25N3O6S/c1-13(21)18-7-9-19(10-8-18)17(22)12-20(27(4,23)24)15-6-5-14(25-2)11-16(15)26-3/h5-6,11H,7-10,12H2,1-4H3. The van der Waals surface area contributed by atoms with Crippen LogP contribution in [0.25, 0.3) is 0 Å². The monoisotopic (exact) mass is 399 g/mol. The smallest absolute Gasteiger partial charge is 0.243 e. The van der Waals surface area contributed by atoms with Gasteiger partial charge in [0.15, 0.2) is 0 Å². The lowest BCUT2D eigenvalue weighted by Crippen LogP contribution is -2.52. The molecule has 0 aromatic heterocycles. The van der Waals surface area contributed by atoms with Crippen molar-refractivity contribution in [3.8, 4) is 11.5 Å². The molecular weight excluding hydrogens is 374 g/mol. The maximum absolute atomic E-state index is 12.7. The molecule has 1 fully saturated rings. The lowest BCUT2D eigenvalue weighted by molar-refractivity contribution is -0.137. The van der Waals surface area contributed by atoms with E-state index in [0.717, 1.165) is 10.6 Å². The van der Waals surface area contributed by atoms with E-state index in [4.69, 9.17) is 9.47 Å². The van der Waals surface area contributed by atoms with Gasteiger partial charge in [0.25, 0.3) is 0 Å². The van der Waals surface area contributed by atoms with Crippen molar-refractivity contribution in [2.45, 2.75) is 6.92 Å². The van der Waals surface area contributed by atoms with E-state index in [1.54, 1.807) is 28.0 Å². The van der Waals surface area contributed by atoms with Crippen LogP contribution in [-0.2, 0) is 19.6 Å². The minimum atomic E-state index is -3.73. The van der Waals surface area contributed by atoms with Crippen LogP contribution in [0.3, 0.4) is 0 Å². The lowest BCUT2D eigenvalue weighted by Gasteiger charge is -2.35. The van der Waals surface area contributed by atoms with Gasteiger partial charge in [0.05, 0.1) is 26.2 Å². The number of rotatable bonds is 6. The van der Waals surface area contributed by atoms with Gasteiger partial charge in [-0.2, -0.15) is 0 Å². The summed E-state index contributed by atoms with van der Waals surface area (Å²) in [6, 6.07) is 4.70. The van der Waals surface area contributed by atoms with Crippen molar-refractivity contribution in [1.29, 1.82) is 0 Å². The SMILES string of the molecule is COc1ccc(N(CC(=O)N2CCN(C(C)=O)CC2)S(C)(=O)=O)c(OC)c1. The Kier molecular flexibility index (Phi) is 6.53. The Bertz CT molecular complexity index is 803. The second-order valence-corrected chi connectivity index (χ2v) is 8.10. The minimum absolute atomic E-state index is 0.0390. The predicted molar refractivity (Wildman–Crippen MR) is 101 cm³/mol. The molecule has 0 spiro atoms. The van der Waals surface area contributed by atoms with Crippen LogP contribution in [0.4, 0.5) is 5.69 Å². The molecule has 0 N–H and O–H groups in total. The highest BCUT2D eigenvalue weighted by Gasteiger charge is 2.28. The largest absolute Gasteiger partial charge is 0.497 e. The molecule has 1 aliphatic rings.